The molecule has 0 atom stereocenters. The van der Waals surface area contributed by atoms with Crippen LogP contribution in [0.4, 0.5) is 0 Å². The molecule has 0 aliphatic carbocycles. The Hall–Kier alpha value is -1.31. The summed E-state index contributed by atoms with van der Waals surface area (Å²) in [6.07, 6.45) is 3.67. The van der Waals surface area contributed by atoms with E-state index in [0.29, 0.717) is 5.92 Å². The Morgan fingerprint density at radius 2 is 1.87 bits per heavy atom. The van der Waals surface area contributed by atoms with Crippen LogP contribution < -0.4 is 0 Å². The van der Waals surface area contributed by atoms with E-state index in [1.165, 1.54) is 0 Å². The van der Waals surface area contributed by atoms with Crippen LogP contribution in [-0.2, 0) is 0 Å². The molecule has 0 saturated carbocycles. The first kappa shape index (κ1) is 11.8. The van der Waals surface area contributed by atoms with Crippen LogP contribution in [0.3, 0.4) is 0 Å². The Morgan fingerprint density at radius 1 is 1.20 bits per heavy atom. The van der Waals surface area contributed by atoms with Crippen molar-refractivity contribution in [1.82, 2.24) is 4.98 Å². The summed E-state index contributed by atoms with van der Waals surface area (Å²) in [5.74, 6) is 1.47. The molecule has 0 N–H and O–H groups in total. The van der Waals surface area contributed by atoms with Crippen molar-refractivity contribution in [2.24, 2.45) is 0 Å². The number of aromatic nitrogens is 1. The van der Waals surface area contributed by atoms with Crippen LogP contribution >= 0.6 is 0 Å². The summed E-state index contributed by atoms with van der Waals surface area (Å²) in [7, 11) is 0. The van der Waals surface area contributed by atoms with Gasteiger partial charge in [0.2, 0.25) is 0 Å². The molecule has 0 unspecified atom stereocenters. The molecule has 2 nitrogen and oxygen atoms in total. The van der Waals surface area contributed by atoms with Crippen molar-refractivity contribution in [3.05, 3.63) is 29.8 Å². The molecule has 0 aliphatic rings. The summed E-state index contributed by atoms with van der Waals surface area (Å²) < 4.78 is 5.72. The third-order valence-corrected chi connectivity index (χ3v) is 2.19. The number of nitrogens with zero attached hydrogens (tertiary/aromatic N) is 1. The minimum Gasteiger partial charge on any atom is -0.460 e. The molecule has 2 rings (SSSR count). The van der Waals surface area contributed by atoms with Gasteiger partial charge in [0, 0.05) is 29.3 Å². The van der Waals surface area contributed by atoms with Crippen LogP contribution in [0.15, 0.2) is 22.9 Å². The Morgan fingerprint density at radius 3 is 2.40 bits per heavy atom. The fourth-order valence-electron chi connectivity index (χ4n) is 1.40. The van der Waals surface area contributed by atoms with Gasteiger partial charge < -0.3 is 4.42 Å². The quantitative estimate of drug-likeness (QED) is 0.694. The van der Waals surface area contributed by atoms with Gasteiger partial charge in [-0.1, -0.05) is 27.7 Å². The number of fused-ring (bicyclic) bond motifs is 1. The van der Waals surface area contributed by atoms with E-state index >= 15 is 0 Å². The fraction of sp³-hybridized carbons (Fsp3) is 0.462. The largest absolute Gasteiger partial charge is 0.460 e. The van der Waals surface area contributed by atoms with Gasteiger partial charge in [0.1, 0.15) is 11.3 Å². The topological polar surface area (TPSA) is 26.0 Å². The smallest absolute Gasteiger partial charge is 0.140 e. The first-order chi connectivity index (χ1) is 7.18. The second kappa shape index (κ2) is 4.96. The van der Waals surface area contributed by atoms with Gasteiger partial charge in [-0.2, -0.15) is 0 Å². The Bertz CT molecular complexity index is 429. The number of hydrogen-bond acceptors (Lipinski definition) is 2. The van der Waals surface area contributed by atoms with Crippen molar-refractivity contribution in [1.29, 1.82) is 0 Å². The second-order valence-electron chi connectivity index (χ2n) is 3.68. The SMILES string of the molecule is CC.Cc1cncc2cc(C(C)C)oc12. The van der Waals surface area contributed by atoms with Gasteiger partial charge in [-0.15, -0.1) is 0 Å². The first-order valence-electron chi connectivity index (χ1n) is 5.52. The highest BCUT2D eigenvalue weighted by Crippen LogP contribution is 2.25. The highest BCUT2D eigenvalue weighted by atomic mass is 16.3. The fourth-order valence-corrected chi connectivity index (χ4v) is 1.40. The molecule has 2 aromatic rings. The molecule has 2 heteroatoms. The number of pyridine rings is 1. The molecular weight excluding hydrogens is 186 g/mol. The van der Waals surface area contributed by atoms with E-state index in [0.717, 1.165) is 22.3 Å². The van der Waals surface area contributed by atoms with Crippen molar-refractivity contribution < 1.29 is 4.42 Å². The molecule has 2 aromatic heterocycles. The van der Waals surface area contributed by atoms with Crippen LogP contribution in [0.1, 0.15) is 44.9 Å². The Balaban J connectivity index is 0.000000531. The van der Waals surface area contributed by atoms with Crippen molar-refractivity contribution >= 4 is 11.0 Å². The lowest BCUT2D eigenvalue weighted by molar-refractivity contribution is 0.520. The lowest BCUT2D eigenvalue weighted by Gasteiger charge is -1.96. The molecule has 0 amide bonds. The first-order valence-corrected chi connectivity index (χ1v) is 5.52. The summed E-state index contributed by atoms with van der Waals surface area (Å²) in [5.41, 5.74) is 2.07. The maximum atomic E-state index is 5.72. The maximum absolute atomic E-state index is 5.72. The standard InChI is InChI=1S/C11H13NO.C2H6/c1-7(2)10-4-9-6-12-5-8(3)11(9)13-10;1-2/h4-7H,1-3H3;1-2H3. The molecule has 0 bridgehead atoms. The summed E-state index contributed by atoms with van der Waals surface area (Å²) in [4.78, 5) is 4.13. The van der Waals surface area contributed by atoms with E-state index in [2.05, 4.69) is 24.9 Å². The van der Waals surface area contributed by atoms with E-state index < -0.39 is 0 Å². The van der Waals surface area contributed by atoms with Crippen molar-refractivity contribution in [3.63, 3.8) is 0 Å². The normalized spacial score (nSPS) is 10.3. The van der Waals surface area contributed by atoms with Crippen LogP contribution in [0.25, 0.3) is 11.0 Å². The average Bonchev–Trinajstić information content (AvgIpc) is 2.66. The van der Waals surface area contributed by atoms with E-state index in [1.54, 1.807) is 0 Å². The lowest BCUT2D eigenvalue weighted by Crippen LogP contribution is -1.79. The average molecular weight is 205 g/mol. The number of aryl methyl sites for hydroxylation is 1. The molecule has 0 radical (unpaired) electrons. The monoisotopic (exact) mass is 205 g/mol. The zero-order valence-corrected chi connectivity index (χ0v) is 10.2. The van der Waals surface area contributed by atoms with Crippen molar-refractivity contribution in [2.45, 2.75) is 40.5 Å². The summed E-state index contributed by atoms with van der Waals surface area (Å²) in [5, 5.41) is 1.10. The minimum atomic E-state index is 0.437. The minimum absolute atomic E-state index is 0.437. The second-order valence-corrected chi connectivity index (χ2v) is 3.68. The van der Waals surface area contributed by atoms with Crippen molar-refractivity contribution in [2.75, 3.05) is 0 Å². The van der Waals surface area contributed by atoms with Gasteiger partial charge in [-0.25, -0.2) is 0 Å². The zero-order valence-electron chi connectivity index (χ0n) is 10.2. The third kappa shape index (κ3) is 2.38. The van der Waals surface area contributed by atoms with E-state index in [9.17, 15) is 0 Å². The van der Waals surface area contributed by atoms with Gasteiger partial charge in [0.25, 0.3) is 0 Å². The highest BCUT2D eigenvalue weighted by Gasteiger charge is 2.08. The van der Waals surface area contributed by atoms with Gasteiger partial charge in [0.15, 0.2) is 0 Å². The maximum Gasteiger partial charge on any atom is 0.140 e. The van der Waals surface area contributed by atoms with Crippen LogP contribution in [0.2, 0.25) is 0 Å². The predicted molar refractivity (Wildman–Crippen MR) is 64.2 cm³/mol. The van der Waals surface area contributed by atoms with Gasteiger partial charge in [-0.05, 0) is 13.0 Å². The number of rotatable bonds is 1. The highest BCUT2D eigenvalue weighted by molar-refractivity contribution is 5.79. The summed E-state index contributed by atoms with van der Waals surface area (Å²) in [6, 6.07) is 2.07. The number of furan rings is 1. The Labute approximate surface area is 91.3 Å². The molecule has 82 valence electrons. The Kier molecular flexibility index (Phi) is 3.89. The van der Waals surface area contributed by atoms with Crippen LogP contribution in [-0.4, -0.2) is 4.98 Å². The van der Waals surface area contributed by atoms with Gasteiger partial charge >= 0.3 is 0 Å². The number of hydrogen-bond donors (Lipinski definition) is 0. The third-order valence-electron chi connectivity index (χ3n) is 2.19. The molecule has 0 aromatic carbocycles. The molecule has 15 heavy (non-hydrogen) atoms. The molecule has 2 heterocycles. The molecule has 0 spiro atoms. The van der Waals surface area contributed by atoms with E-state index in [-0.39, 0.29) is 0 Å². The van der Waals surface area contributed by atoms with Gasteiger partial charge in [0.05, 0.1) is 0 Å². The van der Waals surface area contributed by atoms with Crippen LogP contribution in [0, 0.1) is 6.92 Å². The summed E-state index contributed by atoms with van der Waals surface area (Å²) in [6.45, 7) is 10.3. The lowest BCUT2D eigenvalue weighted by atomic mass is 10.1. The predicted octanol–water partition coefficient (Wildman–Crippen LogP) is 4.29. The van der Waals surface area contributed by atoms with E-state index in [1.807, 2.05) is 33.2 Å². The molecule has 0 saturated heterocycles. The van der Waals surface area contributed by atoms with Gasteiger partial charge in [-0.3, -0.25) is 4.98 Å². The summed E-state index contributed by atoms with van der Waals surface area (Å²) >= 11 is 0. The molecule has 0 fully saturated rings. The zero-order chi connectivity index (χ0) is 11.4. The van der Waals surface area contributed by atoms with Crippen molar-refractivity contribution in [3.8, 4) is 0 Å². The molecule has 0 aliphatic heterocycles. The van der Waals surface area contributed by atoms with Crippen LogP contribution in [0.5, 0.6) is 0 Å². The van der Waals surface area contributed by atoms with E-state index in [4.69, 9.17) is 4.42 Å². The molecular formula is C13H19NO.